The van der Waals surface area contributed by atoms with Crippen LogP contribution in [0.5, 0.6) is 0 Å². The highest BCUT2D eigenvalue weighted by atomic mass is 35.5. The van der Waals surface area contributed by atoms with E-state index in [0.29, 0.717) is 36.5 Å². The molecule has 0 aromatic heterocycles. The van der Waals surface area contributed by atoms with Gasteiger partial charge in [0, 0.05) is 36.1 Å². The smallest absolute Gasteiger partial charge is 0.251 e. The first-order valence-corrected chi connectivity index (χ1v) is 8.47. The number of amides is 2. The van der Waals surface area contributed by atoms with Crippen molar-refractivity contribution in [2.24, 2.45) is 5.73 Å². The first-order valence-electron chi connectivity index (χ1n) is 8.10. The molecular weight excluding hydrogens is 349 g/mol. The molecule has 0 aliphatic carbocycles. The van der Waals surface area contributed by atoms with Crippen LogP contribution in [0.2, 0.25) is 5.02 Å². The number of nitrogens with two attached hydrogens (primary N) is 1. The molecule has 1 aromatic carbocycles. The van der Waals surface area contributed by atoms with Gasteiger partial charge < -0.3 is 16.4 Å². The molecule has 0 saturated heterocycles. The Morgan fingerprint density at radius 2 is 1.88 bits per heavy atom. The summed E-state index contributed by atoms with van der Waals surface area (Å²) < 4.78 is 0. The highest BCUT2D eigenvalue weighted by Crippen LogP contribution is 2.09. The lowest BCUT2D eigenvalue weighted by Gasteiger charge is -2.16. The summed E-state index contributed by atoms with van der Waals surface area (Å²) in [6, 6.07) is 6.74. The Balaban J connectivity index is 0.00000529. The Labute approximate surface area is 155 Å². The SMILES string of the molecule is CCCCC(CN)NC(=O)CCCNC(=O)c1ccc(Cl)cc1.Cl. The van der Waals surface area contributed by atoms with E-state index < -0.39 is 0 Å². The monoisotopic (exact) mass is 375 g/mol. The highest BCUT2D eigenvalue weighted by Gasteiger charge is 2.10. The number of carbonyl (C=O) groups is 2. The molecule has 0 aliphatic heterocycles. The molecule has 7 heteroatoms. The molecule has 1 atom stereocenters. The zero-order chi connectivity index (χ0) is 17.1. The summed E-state index contributed by atoms with van der Waals surface area (Å²) in [5.41, 5.74) is 6.21. The molecule has 2 amide bonds. The van der Waals surface area contributed by atoms with Crippen molar-refractivity contribution in [3.05, 3.63) is 34.9 Å². The number of nitrogens with one attached hydrogen (secondary N) is 2. The fourth-order valence-electron chi connectivity index (χ4n) is 2.15. The van der Waals surface area contributed by atoms with Crippen molar-refractivity contribution in [2.45, 2.75) is 45.1 Å². The third-order valence-electron chi connectivity index (χ3n) is 3.53. The maximum Gasteiger partial charge on any atom is 0.251 e. The number of unbranched alkanes of at least 4 members (excludes halogenated alkanes) is 1. The highest BCUT2D eigenvalue weighted by molar-refractivity contribution is 6.30. The molecule has 24 heavy (non-hydrogen) atoms. The largest absolute Gasteiger partial charge is 0.352 e. The predicted octanol–water partition coefficient (Wildman–Crippen LogP) is 2.91. The molecule has 0 radical (unpaired) electrons. The minimum absolute atomic E-state index is 0. The minimum atomic E-state index is -0.162. The van der Waals surface area contributed by atoms with Gasteiger partial charge in [0.1, 0.15) is 0 Å². The molecule has 4 N–H and O–H groups in total. The van der Waals surface area contributed by atoms with Gasteiger partial charge in [-0.25, -0.2) is 0 Å². The second kappa shape index (κ2) is 13.0. The second-order valence-electron chi connectivity index (χ2n) is 5.51. The number of benzene rings is 1. The Morgan fingerprint density at radius 3 is 2.46 bits per heavy atom. The van der Waals surface area contributed by atoms with Crippen LogP contribution in [0.15, 0.2) is 24.3 Å². The topological polar surface area (TPSA) is 84.2 Å². The van der Waals surface area contributed by atoms with Gasteiger partial charge in [-0.1, -0.05) is 31.4 Å². The van der Waals surface area contributed by atoms with E-state index in [1.807, 2.05) is 0 Å². The van der Waals surface area contributed by atoms with Crippen molar-refractivity contribution in [1.82, 2.24) is 10.6 Å². The lowest BCUT2D eigenvalue weighted by Crippen LogP contribution is -2.40. The third-order valence-corrected chi connectivity index (χ3v) is 3.78. The quantitative estimate of drug-likeness (QED) is 0.549. The molecular formula is C17H27Cl2N3O2. The Bertz CT molecular complexity index is 495. The van der Waals surface area contributed by atoms with Crippen LogP contribution in [0.4, 0.5) is 0 Å². The molecule has 1 rings (SSSR count). The number of hydrogen-bond donors (Lipinski definition) is 3. The van der Waals surface area contributed by atoms with Gasteiger partial charge in [-0.3, -0.25) is 9.59 Å². The fourth-order valence-corrected chi connectivity index (χ4v) is 2.28. The van der Waals surface area contributed by atoms with Gasteiger partial charge in [0.05, 0.1) is 0 Å². The van der Waals surface area contributed by atoms with E-state index >= 15 is 0 Å². The molecule has 0 heterocycles. The average Bonchev–Trinajstić information content (AvgIpc) is 2.55. The van der Waals surface area contributed by atoms with Crippen LogP contribution in [0, 0.1) is 0 Å². The summed E-state index contributed by atoms with van der Waals surface area (Å²) in [5.74, 6) is -0.179. The van der Waals surface area contributed by atoms with Gasteiger partial charge >= 0.3 is 0 Å². The number of rotatable bonds is 10. The van der Waals surface area contributed by atoms with E-state index in [9.17, 15) is 9.59 Å². The Hall–Kier alpha value is -1.30. The van der Waals surface area contributed by atoms with Crippen molar-refractivity contribution in [3.63, 3.8) is 0 Å². The molecule has 5 nitrogen and oxygen atoms in total. The predicted molar refractivity (Wildman–Crippen MR) is 101 cm³/mol. The summed E-state index contributed by atoms with van der Waals surface area (Å²) in [6.45, 7) is 3.02. The number of carbonyl (C=O) groups excluding carboxylic acids is 2. The minimum Gasteiger partial charge on any atom is -0.352 e. The van der Waals surface area contributed by atoms with Crippen LogP contribution >= 0.6 is 24.0 Å². The molecule has 0 bridgehead atoms. The molecule has 1 aromatic rings. The Kier molecular flexibility index (Phi) is 12.3. The van der Waals surface area contributed by atoms with E-state index in [1.54, 1.807) is 24.3 Å². The summed E-state index contributed by atoms with van der Waals surface area (Å²) in [6.07, 6.45) is 4.02. The van der Waals surface area contributed by atoms with Crippen molar-refractivity contribution in [3.8, 4) is 0 Å². The second-order valence-corrected chi connectivity index (χ2v) is 5.95. The number of halogens is 2. The van der Waals surface area contributed by atoms with E-state index in [-0.39, 0.29) is 30.3 Å². The van der Waals surface area contributed by atoms with Crippen LogP contribution in [-0.2, 0) is 4.79 Å². The van der Waals surface area contributed by atoms with Crippen LogP contribution in [0.1, 0.15) is 49.4 Å². The van der Waals surface area contributed by atoms with E-state index in [4.69, 9.17) is 17.3 Å². The van der Waals surface area contributed by atoms with Crippen molar-refractivity contribution < 1.29 is 9.59 Å². The van der Waals surface area contributed by atoms with Gasteiger partial charge in [-0.05, 0) is 37.1 Å². The molecule has 0 spiro atoms. The van der Waals surface area contributed by atoms with Crippen LogP contribution in [0.25, 0.3) is 0 Å². The van der Waals surface area contributed by atoms with Crippen LogP contribution in [0.3, 0.4) is 0 Å². The van der Waals surface area contributed by atoms with Gasteiger partial charge in [-0.2, -0.15) is 0 Å². The van der Waals surface area contributed by atoms with Gasteiger partial charge in [0.2, 0.25) is 5.91 Å². The normalized spacial score (nSPS) is 11.3. The van der Waals surface area contributed by atoms with Crippen molar-refractivity contribution >= 4 is 35.8 Å². The van der Waals surface area contributed by atoms with Gasteiger partial charge in [-0.15, -0.1) is 12.4 Å². The first-order chi connectivity index (χ1) is 11.1. The van der Waals surface area contributed by atoms with Gasteiger partial charge in [0.15, 0.2) is 0 Å². The zero-order valence-corrected chi connectivity index (χ0v) is 15.6. The van der Waals surface area contributed by atoms with Crippen LogP contribution in [-0.4, -0.2) is 30.9 Å². The number of hydrogen-bond acceptors (Lipinski definition) is 3. The molecule has 0 fully saturated rings. The summed E-state index contributed by atoms with van der Waals surface area (Å²) in [7, 11) is 0. The molecule has 0 aliphatic rings. The average molecular weight is 376 g/mol. The van der Waals surface area contributed by atoms with Crippen molar-refractivity contribution in [2.75, 3.05) is 13.1 Å². The summed E-state index contributed by atoms with van der Waals surface area (Å²) >= 11 is 5.78. The van der Waals surface area contributed by atoms with E-state index in [2.05, 4.69) is 17.6 Å². The van der Waals surface area contributed by atoms with Crippen LogP contribution < -0.4 is 16.4 Å². The summed E-state index contributed by atoms with van der Waals surface area (Å²) in [5, 5.41) is 6.32. The molecule has 1 unspecified atom stereocenters. The zero-order valence-electron chi connectivity index (χ0n) is 14.0. The first kappa shape index (κ1) is 22.7. The maximum atomic E-state index is 11.9. The fraction of sp³-hybridized carbons (Fsp3) is 0.529. The lowest BCUT2D eigenvalue weighted by atomic mass is 10.1. The standard InChI is InChI=1S/C17H26ClN3O2.ClH/c1-2-3-5-15(12-19)21-16(22)6-4-11-20-17(23)13-7-9-14(18)10-8-13;/h7-10,15H,2-6,11-12,19H2,1H3,(H,20,23)(H,21,22);1H. The Morgan fingerprint density at radius 1 is 1.21 bits per heavy atom. The summed E-state index contributed by atoms with van der Waals surface area (Å²) in [4.78, 5) is 23.7. The maximum absolute atomic E-state index is 11.9. The van der Waals surface area contributed by atoms with Crippen molar-refractivity contribution in [1.29, 1.82) is 0 Å². The third kappa shape index (κ3) is 9.11. The van der Waals surface area contributed by atoms with E-state index in [1.165, 1.54) is 0 Å². The lowest BCUT2D eigenvalue weighted by molar-refractivity contribution is -0.121. The molecule has 136 valence electrons. The van der Waals surface area contributed by atoms with E-state index in [0.717, 1.165) is 19.3 Å². The van der Waals surface area contributed by atoms with Gasteiger partial charge in [0.25, 0.3) is 5.91 Å². The molecule has 0 saturated carbocycles.